The molecule has 1 aromatic rings. The largest absolute Gasteiger partial charge is 0.497 e. The monoisotopic (exact) mass is 242 g/mol. The van der Waals surface area contributed by atoms with Crippen LogP contribution in [0.1, 0.15) is 31.7 Å². The number of hydrogen-bond acceptors (Lipinski definition) is 2. The lowest BCUT2D eigenvalue weighted by Gasteiger charge is -1.97. The lowest BCUT2D eigenvalue weighted by molar-refractivity contribution is -0.112. The number of ether oxygens (including phenoxy) is 1. The van der Waals surface area contributed by atoms with Crippen LogP contribution in [0.15, 0.2) is 36.4 Å². The summed E-state index contributed by atoms with van der Waals surface area (Å²) in [5, 5.41) is 0. The van der Waals surface area contributed by atoms with Crippen LogP contribution in [0.2, 0.25) is 0 Å². The highest BCUT2D eigenvalue weighted by atomic mass is 16.5. The van der Waals surface area contributed by atoms with E-state index in [-0.39, 0.29) is 5.78 Å². The van der Waals surface area contributed by atoms with Gasteiger partial charge in [-0.1, -0.05) is 17.9 Å². The van der Waals surface area contributed by atoms with Gasteiger partial charge in [-0.25, -0.2) is 0 Å². The van der Waals surface area contributed by atoms with Gasteiger partial charge < -0.3 is 4.74 Å². The average Bonchev–Trinajstić information content (AvgIpc) is 2.38. The van der Waals surface area contributed by atoms with Crippen LogP contribution in [0.4, 0.5) is 0 Å². The van der Waals surface area contributed by atoms with Crippen molar-refractivity contribution in [2.45, 2.75) is 26.2 Å². The van der Waals surface area contributed by atoms with Gasteiger partial charge in [0, 0.05) is 12.0 Å². The van der Waals surface area contributed by atoms with Crippen molar-refractivity contribution in [3.63, 3.8) is 0 Å². The van der Waals surface area contributed by atoms with E-state index in [4.69, 9.17) is 4.74 Å². The van der Waals surface area contributed by atoms with E-state index in [2.05, 4.69) is 11.8 Å². The molecule has 0 radical (unpaired) electrons. The predicted molar refractivity (Wildman–Crippen MR) is 73.5 cm³/mol. The van der Waals surface area contributed by atoms with Crippen molar-refractivity contribution >= 4 is 5.78 Å². The summed E-state index contributed by atoms with van der Waals surface area (Å²) in [6.45, 7) is 1.56. The fraction of sp³-hybridized carbons (Fsp3) is 0.312. The Balaban J connectivity index is 2.30. The third kappa shape index (κ3) is 5.91. The molecule has 0 N–H and O–H groups in total. The zero-order valence-corrected chi connectivity index (χ0v) is 10.9. The Bertz CT molecular complexity index is 458. The molecule has 94 valence electrons. The molecule has 0 aliphatic rings. The molecule has 0 bridgehead atoms. The molecule has 18 heavy (non-hydrogen) atoms. The van der Waals surface area contributed by atoms with E-state index in [1.54, 1.807) is 20.1 Å². The first-order valence-electron chi connectivity index (χ1n) is 6.02. The second-order valence-corrected chi connectivity index (χ2v) is 3.94. The number of rotatable bonds is 5. The molecule has 0 spiro atoms. The van der Waals surface area contributed by atoms with Crippen LogP contribution < -0.4 is 4.74 Å². The van der Waals surface area contributed by atoms with Crippen molar-refractivity contribution in [3.8, 4) is 17.6 Å². The minimum absolute atomic E-state index is 0.0966. The molecule has 2 nitrogen and oxygen atoms in total. The first-order chi connectivity index (χ1) is 8.72. The maximum Gasteiger partial charge on any atom is 0.152 e. The van der Waals surface area contributed by atoms with E-state index in [0.29, 0.717) is 0 Å². The van der Waals surface area contributed by atoms with Crippen molar-refractivity contribution in [2.24, 2.45) is 0 Å². The number of allylic oxidation sites excluding steroid dienone is 2. The summed E-state index contributed by atoms with van der Waals surface area (Å²) in [4.78, 5) is 10.6. The van der Waals surface area contributed by atoms with Crippen molar-refractivity contribution in [3.05, 3.63) is 42.0 Å². The Morgan fingerprint density at radius 1 is 1.33 bits per heavy atom. The quantitative estimate of drug-likeness (QED) is 0.449. The number of hydrogen-bond donors (Lipinski definition) is 0. The molecule has 0 unspecified atom stereocenters. The number of ketones is 1. The van der Waals surface area contributed by atoms with Crippen molar-refractivity contribution < 1.29 is 9.53 Å². The molecule has 0 fully saturated rings. The van der Waals surface area contributed by atoms with Crippen molar-refractivity contribution in [2.75, 3.05) is 7.11 Å². The fourth-order valence-corrected chi connectivity index (χ4v) is 1.40. The highest BCUT2D eigenvalue weighted by Gasteiger charge is 1.89. The first-order valence-corrected chi connectivity index (χ1v) is 6.02. The van der Waals surface area contributed by atoms with Gasteiger partial charge in [0.25, 0.3) is 0 Å². The SMILES string of the molecule is COc1ccc(C#CCCC/C=C/C(C)=O)cc1. The second kappa shape index (κ2) is 8.14. The summed E-state index contributed by atoms with van der Waals surface area (Å²) >= 11 is 0. The Labute approximate surface area is 109 Å². The first kappa shape index (κ1) is 14.1. The van der Waals surface area contributed by atoms with Gasteiger partial charge >= 0.3 is 0 Å². The predicted octanol–water partition coefficient (Wildman–Crippen LogP) is 3.36. The molecule has 0 saturated heterocycles. The van der Waals surface area contributed by atoms with E-state index in [1.165, 1.54) is 0 Å². The Hall–Kier alpha value is -2.01. The number of carbonyl (C=O) groups excluding carboxylic acids is 1. The summed E-state index contributed by atoms with van der Waals surface area (Å²) in [6.07, 6.45) is 6.23. The highest BCUT2D eigenvalue weighted by molar-refractivity contribution is 5.87. The fourth-order valence-electron chi connectivity index (χ4n) is 1.40. The van der Waals surface area contributed by atoms with Gasteiger partial charge in [-0.05, 0) is 50.1 Å². The Morgan fingerprint density at radius 2 is 2.06 bits per heavy atom. The third-order valence-electron chi connectivity index (χ3n) is 2.35. The third-order valence-corrected chi connectivity index (χ3v) is 2.35. The van der Waals surface area contributed by atoms with Gasteiger partial charge in [-0.3, -0.25) is 4.79 Å². The second-order valence-electron chi connectivity index (χ2n) is 3.94. The van der Waals surface area contributed by atoms with E-state index in [1.807, 2.05) is 30.3 Å². The van der Waals surface area contributed by atoms with Gasteiger partial charge in [-0.15, -0.1) is 0 Å². The van der Waals surface area contributed by atoms with E-state index < -0.39 is 0 Å². The number of unbranched alkanes of at least 4 members (excludes halogenated alkanes) is 2. The normalized spacial score (nSPS) is 9.89. The van der Waals surface area contributed by atoms with Crippen molar-refractivity contribution in [1.29, 1.82) is 0 Å². The molecular weight excluding hydrogens is 224 g/mol. The van der Waals surface area contributed by atoms with Crippen LogP contribution in [0.5, 0.6) is 5.75 Å². The van der Waals surface area contributed by atoms with E-state index in [9.17, 15) is 4.79 Å². The molecule has 2 heteroatoms. The molecule has 0 aliphatic heterocycles. The zero-order valence-electron chi connectivity index (χ0n) is 10.9. The summed E-state index contributed by atoms with van der Waals surface area (Å²) < 4.78 is 5.08. The minimum atomic E-state index is 0.0966. The summed E-state index contributed by atoms with van der Waals surface area (Å²) in [5.74, 6) is 7.16. The van der Waals surface area contributed by atoms with Gasteiger partial charge in [0.05, 0.1) is 7.11 Å². The van der Waals surface area contributed by atoms with Gasteiger partial charge in [0.2, 0.25) is 0 Å². The summed E-state index contributed by atoms with van der Waals surface area (Å²) in [5.41, 5.74) is 0.995. The van der Waals surface area contributed by atoms with Gasteiger partial charge in [0.15, 0.2) is 5.78 Å². The number of carbonyl (C=O) groups is 1. The molecule has 1 aromatic carbocycles. The standard InChI is InChI=1S/C16H18O2/c1-14(17)8-6-4-3-5-7-9-15-10-12-16(18-2)13-11-15/h6,8,10-13H,3-5H2,1-2H3/b8-6+. The van der Waals surface area contributed by atoms with Gasteiger partial charge in [0.1, 0.15) is 5.75 Å². The van der Waals surface area contributed by atoms with Crippen LogP contribution in [0.3, 0.4) is 0 Å². The Kier molecular flexibility index (Phi) is 6.35. The smallest absolute Gasteiger partial charge is 0.152 e. The maximum atomic E-state index is 10.6. The molecule has 0 saturated carbocycles. The highest BCUT2D eigenvalue weighted by Crippen LogP contribution is 2.10. The minimum Gasteiger partial charge on any atom is -0.497 e. The molecule has 0 amide bonds. The molecule has 0 aliphatic carbocycles. The lowest BCUT2D eigenvalue weighted by atomic mass is 10.2. The van der Waals surface area contributed by atoms with Crippen LogP contribution >= 0.6 is 0 Å². The van der Waals surface area contributed by atoms with Crippen LogP contribution in [0, 0.1) is 11.8 Å². The van der Waals surface area contributed by atoms with E-state index in [0.717, 1.165) is 30.6 Å². The topological polar surface area (TPSA) is 26.3 Å². The summed E-state index contributed by atoms with van der Waals surface area (Å²) in [6, 6.07) is 7.70. The molecular formula is C16H18O2. The zero-order chi connectivity index (χ0) is 13.2. The van der Waals surface area contributed by atoms with Crippen molar-refractivity contribution in [1.82, 2.24) is 0 Å². The van der Waals surface area contributed by atoms with Crippen LogP contribution in [0.25, 0.3) is 0 Å². The van der Waals surface area contributed by atoms with Crippen LogP contribution in [-0.2, 0) is 4.79 Å². The van der Waals surface area contributed by atoms with Gasteiger partial charge in [-0.2, -0.15) is 0 Å². The lowest BCUT2D eigenvalue weighted by Crippen LogP contribution is -1.82. The average molecular weight is 242 g/mol. The molecule has 0 aromatic heterocycles. The van der Waals surface area contributed by atoms with E-state index >= 15 is 0 Å². The van der Waals surface area contributed by atoms with Crippen LogP contribution in [-0.4, -0.2) is 12.9 Å². The molecule has 0 heterocycles. The number of benzene rings is 1. The Morgan fingerprint density at radius 3 is 2.67 bits per heavy atom. The molecule has 1 rings (SSSR count). The summed E-state index contributed by atoms with van der Waals surface area (Å²) in [7, 11) is 1.65. The maximum absolute atomic E-state index is 10.6. The molecule has 0 atom stereocenters. The number of methoxy groups -OCH3 is 1.